The summed E-state index contributed by atoms with van der Waals surface area (Å²) in [6, 6.07) is -0.461. The molecule has 1 fully saturated rings. The number of cyclic esters (lactones) is 1. The van der Waals surface area contributed by atoms with Gasteiger partial charge in [0.15, 0.2) is 0 Å². The van der Waals surface area contributed by atoms with Gasteiger partial charge in [-0.3, -0.25) is 4.79 Å². The predicted octanol–water partition coefficient (Wildman–Crippen LogP) is 0.217. The summed E-state index contributed by atoms with van der Waals surface area (Å²) in [5, 5.41) is 2.53. The smallest absolute Gasteiger partial charge is 0.329 e. The van der Waals surface area contributed by atoms with E-state index in [-0.39, 0.29) is 11.9 Å². The molecule has 0 aliphatic carbocycles. The third-order valence-electron chi connectivity index (χ3n) is 1.73. The van der Waals surface area contributed by atoms with Crippen molar-refractivity contribution in [3.8, 4) is 0 Å². The summed E-state index contributed by atoms with van der Waals surface area (Å²) in [5.41, 5.74) is -0.440. The number of hydrogen-bond acceptors (Lipinski definition) is 3. The number of rotatable bonds is 1. The van der Waals surface area contributed by atoms with Crippen LogP contribution in [0.25, 0.3) is 0 Å². The molecule has 4 heteroatoms. The Morgan fingerprint density at radius 1 is 1.67 bits per heavy atom. The zero-order valence-electron chi connectivity index (χ0n) is 7.51. The first kappa shape index (κ1) is 9.03. The van der Waals surface area contributed by atoms with Crippen LogP contribution in [0.3, 0.4) is 0 Å². The Bertz CT molecular complexity index is 222. The number of esters is 1. The molecule has 68 valence electrons. The lowest BCUT2D eigenvalue weighted by Gasteiger charge is -2.14. The van der Waals surface area contributed by atoms with E-state index in [0.29, 0.717) is 6.42 Å². The Labute approximate surface area is 71.3 Å². The molecule has 1 saturated heterocycles. The molecule has 12 heavy (non-hydrogen) atoms. The maximum atomic E-state index is 11.1. The molecule has 1 aliphatic heterocycles. The molecule has 1 amide bonds. The molecule has 0 aromatic carbocycles. The first-order valence-electron chi connectivity index (χ1n) is 3.91. The number of amides is 1. The van der Waals surface area contributed by atoms with E-state index < -0.39 is 11.6 Å². The molecule has 1 heterocycles. The van der Waals surface area contributed by atoms with Crippen molar-refractivity contribution < 1.29 is 14.3 Å². The first-order valence-corrected chi connectivity index (χ1v) is 3.91. The van der Waals surface area contributed by atoms with Crippen LogP contribution in [0.15, 0.2) is 0 Å². The topological polar surface area (TPSA) is 55.4 Å². The van der Waals surface area contributed by atoms with Crippen LogP contribution in [-0.4, -0.2) is 23.5 Å². The van der Waals surface area contributed by atoms with E-state index in [1.807, 2.05) is 13.8 Å². The van der Waals surface area contributed by atoms with Gasteiger partial charge in [-0.05, 0) is 13.8 Å². The van der Waals surface area contributed by atoms with Crippen molar-refractivity contribution in [3.63, 3.8) is 0 Å². The van der Waals surface area contributed by atoms with Crippen LogP contribution in [0.4, 0.5) is 0 Å². The van der Waals surface area contributed by atoms with Gasteiger partial charge >= 0.3 is 5.97 Å². The largest absolute Gasteiger partial charge is 0.458 e. The van der Waals surface area contributed by atoms with Gasteiger partial charge in [0.05, 0.1) is 0 Å². The van der Waals surface area contributed by atoms with Crippen LogP contribution < -0.4 is 5.32 Å². The normalized spacial score (nSPS) is 26.6. The molecule has 0 aromatic heterocycles. The van der Waals surface area contributed by atoms with Gasteiger partial charge in [-0.2, -0.15) is 0 Å². The summed E-state index contributed by atoms with van der Waals surface area (Å²) in [5.74, 6) is -0.537. The van der Waals surface area contributed by atoms with Crippen LogP contribution in [0, 0.1) is 0 Å². The third kappa shape index (κ3) is 1.96. The minimum absolute atomic E-state index is 0.199. The average Bonchev–Trinajstić information content (AvgIpc) is 2.03. The Balaban J connectivity index is 2.58. The number of carbonyl (C=O) groups excluding carboxylic acids is 2. The molecule has 0 spiro atoms. The van der Waals surface area contributed by atoms with Crippen molar-refractivity contribution in [2.75, 3.05) is 0 Å². The standard InChI is InChI=1S/C8H13NO3/c1-5(10)9-6-4-8(2,3)12-7(6)11/h6H,4H2,1-3H3,(H,9,10). The van der Waals surface area contributed by atoms with Crippen molar-refractivity contribution in [1.82, 2.24) is 5.32 Å². The fourth-order valence-corrected chi connectivity index (χ4v) is 1.32. The minimum Gasteiger partial charge on any atom is -0.458 e. The fourth-order valence-electron chi connectivity index (χ4n) is 1.32. The lowest BCUT2D eigenvalue weighted by Crippen LogP contribution is -2.36. The second-order valence-electron chi connectivity index (χ2n) is 3.64. The van der Waals surface area contributed by atoms with Crippen LogP contribution in [0.2, 0.25) is 0 Å². The Morgan fingerprint density at radius 2 is 2.25 bits per heavy atom. The molecule has 1 unspecified atom stereocenters. The Kier molecular flexibility index (Phi) is 2.08. The third-order valence-corrected chi connectivity index (χ3v) is 1.73. The number of carbonyl (C=O) groups is 2. The maximum Gasteiger partial charge on any atom is 0.329 e. The minimum atomic E-state index is -0.461. The zero-order valence-corrected chi connectivity index (χ0v) is 7.51. The molecule has 1 N–H and O–H groups in total. The van der Waals surface area contributed by atoms with E-state index in [1.165, 1.54) is 6.92 Å². The van der Waals surface area contributed by atoms with E-state index in [4.69, 9.17) is 4.74 Å². The van der Waals surface area contributed by atoms with Gasteiger partial charge in [0.25, 0.3) is 0 Å². The van der Waals surface area contributed by atoms with Gasteiger partial charge in [-0.15, -0.1) is 0 Å². The monoisotopic (exact) mass is 171 g/mol. The number of hydrogen-bond donors (Lipinski definition) is 1. The highest BCUT2D eigenvalue weighted by atomic mass is 16.6. The van der Waals surface area contributed by atoms with Crippen molar-refractivity contribution >= 4 is 11.9 Å². The number of ether oxygens (including phenoxy) is 1. The highest BCUT2D eigenvalue weighted by Gasteiger charge is 2.40. The van der Waals surface area contributed by atoms with E-state index in [9.17, 15) is 9.59 Å². The summed E-state index contributed by atoms with van der Waals surface area (Å²) >= 11 is 0. The Hall–Kier alpha value is -1.06. The lowest BCUT2D eigenvalue weighted by atomic mass is 10.0. The summed E-state index contributed by atoms with van der Waals surface area (Å²) in [6.45, 7) is 5.04. The van der Waals surface area contributed by atoms with E-state index in [0.717, 1.165) is 0 Å². The van der Waals surface area contributed by atoms with Crippen LogP contribution in [0.1, 0.15) is 27.2 Å². The summed E-state index contributed by atoms with van der Waals surface area (Å²) in [6.07, 6.45) is 0.547. The lowest BCUT2D eigenvalue weighted by molar-refractivity contribution is -0.148. The van der Waals surface area contributed by atoms with E-state index in [2.05, 4.69) is 5.32 Å². The van der Waals surface area contributed by atoms with Gasteiger partial charge in [0.2, 0.25) is 5.91 Å². The van der Waals surface area contributed by atoms with Gasteiger partial charge in [-0.1, -0.05) is 0 Å². The van der Waals surface area contributed by atoms with Gasteiger partial charge in [0, 0.05) is 13.3 Å². The fraction of sp³-hybridized carbons (Fsp3) is 0.750. The maximum absolute atomic E-state index is 11.1. The molecule has 0 radical (unpaired) electrons. The molecular weight excluding hydrogens is 158 g/mol. The van der Waals surface area contributed by atoms with Crippen LogP contribution in [-0.2, 0) is 14.3 Å². The van der Waals surface area contributed by atoms with Gasteiger partial charge < -0.3 is 10.1 Å². The quantitative estimate of drug-likeness (QED) is 0.574. The van der Waals surface area contributed by atoms with E-state index in [1.54, 1.807) is 0 Å². The molecule has 1 rings (SSSR count). The summed E-state index contributed by atoms with van der Waals surface area (Å²) in [4.78, 5) is 21.7. The Morgan fingerprint density at radius 3 is 2.58 bits per heavy atom. The van der Waals surface area contributed by atoms with E-state index >= 15 is 0 Å². The highest BCUT2D eigenvalue weighted by molar-refractivity contribution is 5.84. The van der Waals surface area contributed by atoms with Crippen molar-refractivity contribution in [3.05, 3.63) is 0 Å². The second kappa shape index (κ2) is 2.77. The predicted molar refractivity (Wildman–Crippen MR) is 42.4 cm³/mol. The molecule has 0 saturated carbocycles. The van der Waals surface area contributed by atoms with Gasteiger partial charge in [-0.25, -0.2) is 4.79 Å². The average molecular weight is 171 g/mol. The van der Waals surface area contributed by atoms with Crippen molar-refractivity contribution in [2.45, 2.75) is 38.8 Å². The van der Waals surface area contributed by atoms with Gasteiger partial charge in [0.1, 0.15) is 11.6 Å². The zero-order chi connectivity index (χ0) is 9.35. The second-order valence-corrected chi connectivity index (χ2v) is 3.64. The van der Waals surface area contributed by atoms with Crippen LogP contribution >= 0.6 is 0 Å². The van der Waals surface area contributed by atoms with Crippen molar-refractivity contribution in [1.29, 1.82) is 0 Å². The summed E-state index contributed by atoms with van der Waals surface area (Å²) < 4.78 is 5.01. The molecule has 1 aliphatic rings. The van der Waals surface area contributed by atoms with Crippen molar-refractivity contribution in [2.24, 2.45) is 0 Å². The molecule has 0 aromatic rings. The van der Waals surface area contributed by atoms with Crippen LogP contribution in [0.5, 0.6) is 0 Å². The molecular formula is C8H13NO3. The molecule has 0 bridgehead atoms. The molecule has 4 nitrogen and oxygen atoms in total. The SMILES string of the molecule is CC(=O)NC1CC(C)(C)OC1=O. The summed E-state index contributed by atoms with van der Waals surface area (Å²) in [7, 11) is 0. The highest BCUT2D eigenvalue weighted by Crippen LogP contribution is 2.25. The molecule has 1 atom stereocenters. The first-order chi connectivity index (χ1) is 5.41. The number of nitrogens with one attached hydrogen (secondary N) is 1.